The van der Waals surface area contributed by atoms with Crippen molar-refractivity contribution in [2.24, 2.45) is 0 Å². The molecule has 0 amide bonds. The van der Waals surface area contributed by atoms with Gasteiger partial charge in [-0.2, -0.15) is 0 Å². The first kappa shape index (κ1) is 18.6. The van der Waals surface area contributed by atoms with E-state index in [1.54, 1.807) is 0 Å². The summed E-state index contributed by atoms with van der Waals surface area (Å²) in [5.41, 5.74) is 3.87. The van der Waals surface area contributed by atoms with Crippen molar-refractivity contribution >= 4 is 5.57 Å². The van der Waals surface area contributed by atoms with Gasteiger partial charge in [-0.05, 0) is 66.5 Å². The lowest BCUT2D eigenvalue weighted by Crippen LogP contribution is -2.13. The van der Waals surface area contributed by atoms with Crippen LogP contribution in [0.1, 0.15) is 49.3 Å². The van der Waals surface area contributed by atoms with Crippen molar-refractivity contribution in [1.29, 1.82) is 0 Å². The van der Waals surface area contributed by atoms with E-state index in [2.05, 4.69) is 19.1 Å². The Labute approximate surface area is 152 Å². The molecule has 0 radical (unpaired) electrons. The molecule has 0 aliphatic carbocycles. The number of allylic oxidation sites excluding steroid dienone is 1. The summed E-state index contributed by atoms with van der Waals surface area (Å²) in [4.78, 5) is 0. The molecule has 1 unspecified atom stereocenters. The minimum absolute atomic E-state index is 0.333. The molecule has 4 heteroatoms. The fourth-order valence-corrected chi connectivity index (χ4v) is 3.30. The summed E-state index contributed by atoms with van der Waals surface area (Å²) >= 11 is 0. The van der Waals surface area contributed by atoms with Crippen molar-refractivity contribution in [2.45, 2.75) is 51.6 Å². The van der Waals surface area contributed by atoms with Gasteiger partial charge in [-0.15, -0.1) is 0 Å². The van der Waals surface area contributed by atoms with E-state index in [0.717, 1.165) is 48.9 Å². The van der Waals surface area contributed by atoms with Gasteiger partial charge >= 0.3 is 0 Å². The lowest BCUT2D eigenvalue weighted by molar-refractivity contribution is 0.118. The topological polar surface area (TPSA) is 9.23 Å². The van der Waals surface area contributed by atoms with E-state index in [9.17, 15) is 13.2 Å². The normalized spacial score (nSPS) is 16.9. The average molecular weight is 360 g/mol. The van der Waals surface area contributed by atoms with E-state index in [-0.39, 0.29) is 0 Å². The van der Waals surface area contributed by atoms with Crippen LogP contribution in [0.25, 0.3) is 5.57 Å². The van der Waals surface area contributed by atoms with Gasteiger partial charge in [0, 0.05) is 0 Å². The maximum Gasteiger partial charge on any atom is 0.194 e. The third-order valence-electron chi connectivity index (χ3n) is 4.82. The fourth-order valence-electron chi connectivity index (χ4n) is 3.30. The number of ether oxygens (including phenoxy) is 1. The van der Waals surface area contributed by atoms with Gasteiger partial charge in [-0.3, -0.25) is 0 Å². The minimum Gasteiger partial charge on any atom is -0.498 e. The SMILES string of the molecule is CCCC1CCC(c2ccc(CCc3cc(F)c(F)c(F)c3)cc2)=CO1. The summed E-state index contributed by atoms with van der Waals surface area (Å²) in [5.74, 6) is -3.69. The van der Waals surface area contributed by atoms with E-state index >= 15 is 0 Å². The van der Waals surface area contributed by atoms with Gasteiger partial charge < -0.3 is 4.74 Å². The van der Waals surface area contributed by atoms with Gasteiger partial charge in [-0.1, -0.05) is 37.6 Å². The molecule has 1 aliphatic rings. The quantitative estimate of drug-likeness (QED) is 0.557. The lowest BCUT2D eigenvalue weighted by atomic mass is 9.95. The van der Waals surface area contributed by atoms with Gasteiger partial charge in [0.1, 0.15) is 0 Å². The summed E-state index contributed by atoms with van der Waals surface area (Å²) in [5, 5.41) is 0. The highest BCUT2D eigenvalue weighted by Crippen LogP contribution is 2.28. The number of hydrogen-bond acceptors (Lipinski definition) is 1. The Bertz CT molecular complexity index is 757. The first-order valence-electron chi connectivity index (χ1n) is 9.14. The van der Waals surface area contributed by atoms with Crippen LogP contribution in [-0.4, -0.2) is 6.10 Å². The summed E-state index contributed by atoms with van der Waals surface area (Å²) in [6.45, 7) is 2.16. The predicted molar refractivity (Wildman–Crippen MR) is 97.2 cm³/mol. The molecular formula is C22H23F3O. The lowest BCUT2D eigenvalue weighted by Gasteiger charge is -2.23. The number of rotatable bonds is 6. The highest BCUT2D eigenvalue weighted by molar-refractivity contribution is 5.65. The zero-order valence-electron chi connectivity index (χ0n) is 14.9. The van der Waals surface area contributed by atoms with E-state index in [1.807, 2.05) is 18.4 Å². The van der Waals surface area contributed by atoms with Gasteiger partial charge in [0.2, 0.25) is 0 Å². The second kappa shape index (κ2) is 8.43. The summed E-state index contributed by atoms with van der Waals surface area (Å²) in [6, 6.07) is 10.3. The van der Waals surface area contributed by atoms with Crippen LogP contribution < -0.4 is 0 Å². The van der Waals surface area contributed by atoms with Crippen LogP contribution in [0.15, 0.2) is 42.7 Å². The van der Waals surface area contributed by atoms with Crippen molar-refractivity contribution in [1.82, 2.24) is 0 Å². The molecule has 2 aromatic rings. The molecule has 1 aliphatic heterocycles. The standard InChI is InChI=1S/C22H23F3O/c1-2-3-19-11-10-18(14-26-19)17-8-6-15(7-9-17)4-5-16-12-20(23)22(25)21(24)13-16/h6-9,12-14,19H,2-5,10-11H2,1H3. The Kier molecular flexibility index (Phi) is 6.02. The van der Waals surface area contributed by atoms with E-state index in [1.165, 1.54) is 5.57 Å². The predicted octanol–water partition coefficient (Wildman–Crippen LogP) is 6.21. The van der Waals surface area contributed by atoms with E-state index in [4.69, 9.17) is 4.74 Å². The molecule has 1 nitrogen and oxygen atoms in total. The van der Waals surface area contributed by atoms with Crippen molar-refractivity contribution in [3.63, 3.8) is 0 Å². The number of hydrogen-bond donors (Lipinski definition) is 0. The molecule has 0 spiro atoms. The van der Waals surface area contributed by atoms with Crippen LogP contribution in [0.2, 0.25) is 0 Å². The first-order chi connectivity index (χ1) is 12.6. The van der Waals surface area contributed by atoms with Gasteiger partial charge in [0.25, 0.3) is 0 Å². The summed E-state index contributed by atoms with van der Waals surface area (Å²) in [7, 11) is 0. The van der Waals surface area contributed by atoms with Crippen molar-refractivity contribution in [3.05, 3.63) is 76.8 Å². The molecule has 0 N–H and O–H groups in total. The number of aryl methyl sites for hydroxylation is 2. The molecule has 0 fully saturated rings. The van der Waals surface area contributed by atoms with Gasteiger partial charge in [0.15, 0.2) is 17.5 Å². The molecule has 2 aromatic carbocycles. The molecule has 0 saturated carbocycles. The molecule has 138 valence electrons. The smallest absolute Gasteiger partial charge is 0.194 e. The van der Waals surface area contributed by atoms with E-state index < -0.39 is 17.5 Å². The second-order valence-corrected chi connectivity index (χ2v) is 6.80. The van der Waals surface area contributed by atoms with Crippen LogP contribution in [0, 0.1) is 17.5 Å². The third kappa shape index (κ3) is 4.48. The first-order valence-corrected chi connectivity index (χ1v) is 9.14. The molecule has 1 atom stereocenters. The maximum absolute atomic E-state index is 13.3. The van der Waals surface area contributed by atoms with Crippen molar-refractivity contribution in [3.8, 4) is 0 Å². The highest BCUT2D eigenvalue weighted by atomic mass is 19.2. The molecule has 0 saturated heterocycles. The van der Waals surface area contributed by atoms with Crippen molar-refractivity contribution in [2.75, 3.05) is 0 Å². The number of halogens is 3. The Balaban J connectivity index is 1.60. The summed E-state index contributed by atoms with van der Waals surface area (Å²) < 4.78 is 45.3. The zero-order chi connectivity index (χ0) is 18.5. The molecular weight excluding hydrogens is 337 g/mol. The Morgan fingerprint density at radius 2 is 1.62 bits per heavy atom. The van der Waals surface area contributed by atoms with Crippen LogP contribution >= 0.6 is 0 Å². The number of benzene rings is 2. The largest absolute Gasteiger partial charge is 0.498 e. The fraction of sp³-hybridized carbons (Fsp3) is 0.364. The van der Waals surface area contributed by atoms with E-state index in [0.29, 0.717) is 24.5 Å². The molecule has 26 heavy (non-hydrogen) atoms. The average Bonchev–Trinajstić information content (AvgIpc) is 2.66. The van der Waals surface area contributed by atoms with Crippen LogP contribution in [-0.2, 0) is 17.6 Å². The van der Waals surface area contributed by atoms with Gasteiger partial charge in [-0.25, -0.2) is 13.2 Å². The molecule has 3 rings (SSSR count). The van der Waals surface area contributed by atoms with Crippen LogP contribution in [0.4, 0.5) is 13.2 Å². The Hall–Kier alpha value is -2.23. The summed E-state index contributed by atoms with van der Waals surface area (Å²) in [6.07, 6.45) is 7.58. The second-order valence-electron chi connectivity index (χ2n) is 6.80. The highest BCUT2D eigenvalue weighted by Gasteiger charge is 2.16. The minimum atomic E-state index is -1.41. The monoisotopic (exact) mass is 360 g/mol. The molecule has 1 heterocycles. The van der Waals surface area contributed by atoms with Crippen LogP contribution in [0.3, 0.4) is 0 Å². The maximum atomic E-state index is 13.3. The van der Waals surface area contributed by atoms with Crippen LogP contribution in [0.5, 0.6) is 0 Å². The Morgan fingerprint density at radius 3 is 2.19 bits per heavy atom. The van der Waals surface area contributed by atoms with Crippen molar-refractivity contribution < 1.29 is 17.9 Å². The third-order valence-corrected chi connectivity index (χ3v) is 4.82. The van der Waals surface area contributed by atoms with Gasteiger partial charge in [0.05, 0.1) is 12.4 Å². The Morgan fingerprint density at radius 1 is 0.962 bits per heavy atom. The molecule has 0 bridgehead atoms. The zero-order valence-corrected chi connectivity index (χ0v) is 14.9. The molecule has 0 aromatic heterocycles.